The van der Waals surface area contributed by atoms with Crippen LogP contribution in [0.2, 0.25) is 0 Å². The number of hydrogen-bond acceptors (Lipinski definition) is 8. The molecule has 121 valence electrons. The molecule has 23 heavy (non-hydrogen) atoms. The van der Waals surface area contributed by atoms with Gasteiger partial charge >= 0.3 is 143 Å². The van der Waals surface area contributed by atoms with E-state index in [1.807, 2.05) is 0 Å². The van der Waals surface area contributed by atoms with Crippen molar-refractivity contribution in [1.29, 1.82) is 0 Å². The molecule has 0 heterocycles. The van der Waals surface area contributed by atoms with Crippen LogP contribution in [0.5, 0.6) is 5.75 Å². The normalized spacial score (nSPS) is 12.5. The molecule has 0 bridgehead atoms. The fraction of sp³-hybridized carbons (Fsp3) is 0.231. The Bertz CT molecular complexity index is 925. The molecule has 0 spiro atoms. The van der Waals surface area contributed by atoms with Gasteiger partial charge in [-0.05, 0) is 0 Å². The predicted octanol–water partition coefficient (Wildman–Crippen LogP) is 3.25. The SMILES string of the molecule is C/N=N/c1c([S](=O)(=O)[Mo])cc2c(/N=N/C)c(NC)ccc2c1O. The van der Waals surface area contributed by atoms with Gasteiger partial charge in [0.25, 0.3) is 0 Å². The molecule has 10 heteroatoms. The number of phenols is 1. The molecule has 2 N–H and O–H groups in total. The summed E-state index contributed by atoms with van der Waals surface area (Å²) < 4.78 is 24.1. The molecule has 0 aliphatic carbocycles. The summed E-state index contributed by atoms with van der Waals surface area (Å²) in [5, 5.41) is 29.5. The summed E-state index contributed by atoms with van der Waals surface area (Å²) in [6.07, 6.45) is 0. The molecule has 2 aromatic carbocycles. The summed E-state index contributed by atoms with van der Waals surface area (Å²) in [6.45, 7) is 0. The Labute approximate surface area is 143 Å². The Morgan fingerprint density at radius 1 is 1.09 bits per heavy atom. The second-order valence-corrected chi connectivity index (χ2v) is 9.02. The van der Waals surface area contributed by atoms with Crippen LogP contribution in [-0.4, -0.2) is 34.7 Å². The van der Waals surface area contributed by atoms with Crippen LogP contribution in [0, 0.1) is 0 Å². The molecule has 0 saturated heterocycles. The number of anilines is 1. The molecule has 0 fully saturated rings. The zero-order valence-corrected chi connectivity index (χ0v) is 15.4. The molecule has 0 aliphatic heterocycles. The van der Waals surface area contributed by atoms with Crippen molar-refractivity contribution in [2.75, 3.05) is 26.5 Å². The summed E-state index contributed by atoms with van der Waals surface area (Å²) in [5.74, 6) is -0.259. The average molecular weight is 416 g/mol. The molecular formula is C13H14MoN5O3S. The van der Waals surface area contributed by atoms with Gasteiger partial charge in [-0.15, -0.1) is 0 Å². The van der Waals surface area contributed by atoms with Crippen LogP contribution in [0.4, 0.5) is 17.1 Å². The van der Waals surface area contributed by atoms with E-state index in [-0.39, 0.29) is 16.3 Å². The number of nitrogens with one attached hydrogen (secondary N) is 1. The molecule has 0 radical (unpaired) electrons. The summed E-state index contributed by atoms with van der Waals surface area (Å²) in [4.78, 5) is -0.112. The van der Waals surface area contributed by atoms with Crippen molar-refractivity contribution in [2.45, 2.75) is 4.90 Å². The zero-order chi connectivity index (χ0) is 17.2. The first kappa shape index (κ1) is 17.5. The number of hydrogen-bond donors (Lipinski definition) is 2. The average Bonchev–Trinajstić information content (AvgIpc) is 2.49. The van der Waals surface area contributed by atoms with Crippen LogP contribution >= 0.6 is 0 Å². The third-order valence-electron chi connectivity index (χ3n) is 3.14. The zero-order valence-electron chi connectivity index (χ0n) is 12.6. The van der Waals surface area contributed by atoms with Crippen molar-refractivity contribution in [3.8, 4) is 5.75 Å². The van der Waals surface area contributed by atoms with Crippen molar-refractivity contribution in [3.63, 3.8) is 0 Å². The number of nitrogens with zero attached hydrogens (tertiary/aromatic N) is 4. The van der Waals surface area contributed by atoms with Gasteiger partial charge in [0.1, 0.15) is 0 Å². The maximum atomic E-state index is 12.1. The van der Waals surface area contributed by atoms with Crippen molar-refractivity contribution in [1.82, 2.24) is 0 Å². The standard InChI is InChI=1S/C13H14N5O3S.Mo/c1-14-9-5-4-7-8(11(9)17-15-2)6-10(22(20)21)12(13(7)19)18-16-3;/h4-6,14,19H,1-3H3;/b17-15+,18-16+;. The van der Waals surface area contributed by atoms with Gasteiger partial charge in [0.05, 0.1) is 0 Å². The second kappa shape index (κ2) is 6.72. The first-order valence-corrected chi connectivity index (χ1v) is 10.3. The Morgan fingerprint density at radius 3 is 2.22 bits per heavy atom. The topological polar surface area (TPSA) is 116 Å². The second-order valence-electron chi connectivity index (χ2n) is 4.43. The summed E-state index contributed by atoms with van der Waals surface area (Å²) >= 11 is 0.963. The van der Waals surface area contributed by atoms with E-state index in [0.717, 1.165) is 18.5 Å². The molecule has 0 aromatic heterocycles. The predicted molar refractivity (Wildman–Crippen MR) is 83.2 cm³/mol. The van der Waals surface area contributed by atoms with Gasteiger partial charge in [0.2, 0.25) is 0 Å². The Morgan fingerprint density at radius 2 is 1.70 bits per heavy atom. The molecule has 0 aliphatic rings. The van der Waals surface area contributed by atoms with E-state index in [0.29, 0.717) is 22.1 Å². The molecule has 0 saturated carbocycles. The van der Waals surface area contributed by atoms with E-state index < -0.39 is 7.54 Å². The van der Waals surface area contributed by atoms with Gasteiger partial charge in [-0.3, -0.25) is 0 Å². The quantitative estimate of drug-likeness (QED) is 0.588. The number of fused-ring (bicyclic) bond motifs is 1. The molecule has 2 rings (SSSR count). The number of phenolic OH excluding ortho intramolecular Hbond substituents is 1. The van der Waals surface area contributed by atoms with Crippen LogP contribution in [0.25, 0.3) is 10.8 Å². The van der Waals surface area contributed by atoms with E-state index >= 15 is 0 Å². The van der Waals surface area contributed by atoms with Crippen LogP contribution in [0.1, 0.15) is 0 Å². The van der Waals surface area contributed by atoms with Gasteiger partial charge in [0, 0.05) is 0 Å². The third-order valence-corrected chi connectivity index (χ3v) is 5.32. The Balaban J connectivity index is 3.06. The molecule has 0 atom stereocenters. The van der Waals surface area contributed by atoms with Crippen molar-refractivity contribution < 1.29 is 32.1 Å². The number of rotatable bonds is 4. The molecule has 2 aromatic rings. The Hall–Kier alpha value is -1.86. The molecule has 8 nitrogen and oxygen atoms in total. The number of azo groups is 2. The minimum atomic E-state index is -3.62. The monoisotopic (exact) mass is 418 g/mol. The van der Waals surface area contributed by atoms with Crippen LogP contribution in [0.15, 0.2) is 43.6 Å². The fourth-order valence-corrected chi connectivity index (χ4v) is 3.77. The van der Waals surface area contributed by atoms with E-state index in [1.54, 1.807) is 19.2 Å². The van der Waals surface area contributed by atoms with Crippen LogP contribution < -0.4 is 5.32 Å². The van der Waals surface area contributed by atoms with Crippen LogP contribution in [-0.2, 0) is 26.1 Å². The maximum absolute atomic E-state index is 12.1. The van der Waals surface area contributed by atoms with E-state index in [4.69, 9.17) is 0 Å². The minimum absolute atomic E-state index is 0.0817. The number of aromatic hydroxyl groups is 1. The van der Waals surface area contributed by atoms with Gasteiger partial charge in [0.15, 0.2) is 0 Å². The summed E-state index contributed by atoms with van der Waals surface area (Å²) in [6, 6.07) is 4.81. The van der Waals surface area contributed by atoms with Gasteiger partial charge in [-0.25, -0.2) is 0 Å². The first-order valence-electron chi connectivity index (χ1n) is 6.41. The Kier molecular flexibility index (Phi) is 5.11. The summed E-state index contributed by atoms with van der Waals surface area (Å²) in [5.41, 5.74) is 1.02. The van der Waals surface area contributed by atoms with E-state index in [9.17, 15) is 13.5 Å². The van der Waals surface area contributed by atoms with Crippen LogP contribution in [0.3, 0.4) is 0 Å². The summed E-state index contributed by atoms with van der Waals surface area (Å²) in [7, 11) is 1.01. The van der Waals surface area contributed by atoms with E-state index in [2.05, 4.69) is 25.8 Å². The molecular weight excluding hydrogens is 402 g/mol. The van der Waals surface area contributed by atoms with Gasteiger partial charge in [-0.1, -0.05) is 0 Å². The first-order chi connectivity index (χ1) is 10.8. The fourth-order valence-electron chi connectivity index (χ4n) is 2.20. The molecule has 0 unspecified atom stereocenters. The molecule has 0 amide bonds. The number of benzene rings is 2. The van der Waals surface area contributed by atoms with Gasteiger partial charge < -0.3 is 0 Å². The van der Waals surface area contributed by atoms with Crippen molar-refractivity contribution in [3.05, 3.63) is 18.2 Å². The van der Waals surface area contributed by atoms with Crippen molar-refractivity contribution in [2.24, 2.45) is 20.5 Å². The van der Waals surface area contributed by atoms with Crippen molar-refractivity contribution >= 4 is 35.4 Å². The van der Waals surface area contributed by atoms with E-state index in [1.165, 1.54) is 20.2 Å². The van der Waals surface area contributed by atoms with Gasteiger partial charge in [-0.2, -0.15) is 0 Å². The third kappa shape index (κ3) is 3.25.